The first kappa shape index (κ1) is 12.8. The molecule has 0 aliphatic rings. The highest BCUT2D eigenvalue weighted by molar-refractivity contribution is 6.30. The van der Waals surface area contributed by atoms with Crippen LogP contribution in [0.5, 0.6) is 5.75 Å². The van der Waals surface area contributed by atoms with Gasteiger partial charge in [0, 0.05) is 5.02 Å². The van der Waals surface area contributed by atoms with Gasteiger partial charge in [-0.25, -0.2) is 4.79 Å². The van der Waals surface area contributed by atoms with Crippen molar-refractivity contribution in [2.75, 3.05) is 6.61 Å². The minimum absolute atomic E-state index is 0.0704. The van der Waals surface area contributed by atoms with Gasteiger partial charge in [0.2, 0.25) is 0 Å². The number of halogens is 1. The SMILES string of the molecule is CC(C)(C)COC(=O)Oc1ccc(Cl)cc1. The molecule has 0 N–H and O–H groups in total. The molecule has 0 amide bonds. The maximum absolute atomic E-state index is 11.3. The second kappa shape index (κ2) is 5.21. The third-order valence-electron chi connectivity index (χ3n) is 1.64. The van der Waals surface area contributed by atoms with Crippen LogP contribution in [0.4, 0.5) is 4.79 Å². The molecule has 3 nitrogen and oxygen atoms in total. The zero-order valence-corrected chi connectivity index (χ0v) is 10.4. The van der Waals surface area contributed by atoms with Crippen LogP contribution in [-0.2, 0) is 4.74 Å². The molecule has 16 heavy (non-hydrogen) atoms. The summed E-state index contributed by atoms with van der Waals surface area (Å²) < 4.78 is 9.89. The topological polar surface area (TPSA) is 35.5 Å². The molecule has 0 saturated carbocycles. The third-order valence-corrected chi connectivity index (χ3v) is 1.89. The molecule has 0 aliphatic carbocycles. The number of ether oxygens (including phenoxy) is 2. The van der Waals surface area contributed by atoms with E-state index < -0.39 is 6.16 Å². The van der Waals surface area contributed by atoms with E-state index in [1.807, 2.05) is 20.8 Å². The molecule has 88 valence electrons. The van der Waals surface area contributed by atoms with E-state index in [0.717, 1.165) is 0 Å². The third kappa shape index (κ3) is 5.03. The van der Waals surface area contributed by atoms with Crippen LogP contribution in [0, 0.1) is 5.41 Å². The molecule has 0 radical (unpaired) electrons. The molecule has 1 rings (SSSR count). The molecule has 0 atom stereocenters. The Morgan fingerprint density at radius 3 is 2.31 bits per heavy atom. The molecule has 0 aliphatic heterocycles. The van der Waals surface area contributed by atoms with Gasteiger partial charge in [0.1, 0.15) is 5.75 Å². The summed E-state index contributed by atoms with van der Waals surface area (Å²) >= 11 is 5.70. The Kier molecular flexibility index (Phi) is 4.19. The van der Waals surface area contributed by atoms with Gasteiger partial charge in [0.05, 0.1) is 6.61 Å². The molecular weight excluding hydrogens is 228 g/mol. The van der Waals surface area contributed by atoms with Gasteiger partial charge in [-0.05, 0) is 29.7 Å². The van der Waals surface area contributed by atoms with Gasteiger partial charge in [-0.15, -0.1) is 0 Å². The lowest BCUT2D eigenvalue weighted by Gasteiger charge is -2.17. The molecular formula is C12H15ClO3. The van der Waals surface area contributed by atoms with E-state index in [1.165, 1.54) is 0 Å². The Hall–Kier alpha value is -1.22. The molecule has 0 aromatic heterocycles. The first-order valence-corrected chi connectivity index (χ1v) is 5.35. The van der Waals surface area contributed by atoms with Crippen LogP contribution >= 0.6 is 11.6 Å². The van der Waals surface area contributed by atoms with Crippen molar-refractivity contribution >= 4 is 17.8 Å². The normalized spacial score (nSPS) is 11.0. The quantitative estimate of drug-likeness (QED) is 0.583. The van der Waals surface area contributed by atoms with Crippen molar-refractivity contribution in [3.05, 3.63) is 29.3 Å². The molecule has 0 fully saturated rings. The molecule has 0 unspecified atom stereocenters. The largest absolute Gasteiger partial charge is 0.513 e. The van der Waals surface area contributed by atoms with E-state index in [0.29, 0.717) is 17.4 Å². The van der Waals surface area contributed by atoms with E-state index in [4.69, 9.17) is 21.1 Å². The van der Waals surface area contributed by atoms with Crippen molar-refractivity contribution in [2.45, 2.75) is 20.8 Å². The smallest absolute Gasteiger partial charge is 0.433 e. The minimum Gasteiger partial charge on any atom is -0.433 e. The van der Waals surface area contributed by atoms with Gasteiger partial charge in [-0.1, -0.05) is 32.4 Å². The zero-order valence-electron chi connectivity index (χ0n) is 9.62. The van der Waals surface area contributed by atoms with Gasteiger partial charge in [0.15, 0.2) is 0 Å². The number of hydrogen-bond donors (Lipinski definition) is 0. The summed E-state index contributed by atoms with van der Waals surface area (Å²) in [5.74, 6) is 0.420. The summed E-state index contributed by atoms with van der Waals surface area (Å²) in [5.41, 5.74) is -0.0704. The molecule has 0 heterocycles. The fourth-order valence-electron chi connectivity index (χ4n) is 0.904. The molecule has 1 aromatic carbocycles. The van der Waals surface area contributed by atoms with E-state index >= 15 is 0 Å². The van der Waals surface area contributed by atoms with Crippen LogP contribution in [0.1, 0.15) is 20.8 Å². The van der Waals surface area contributed by atoms with Crippen LogP contribution in [0.2, 0.25) is 5.02 Å². The lowest BCUT2D eigenvalue weighted by atomic mass is 9.99. The maximum Gasteiger partial charge on any atom is 0.513 e. The first-order valence-electron chi connectivity index (χ1n) is 4.97. The summed E-state index contributed by atoms with van der Waals surface area (Å²) in [7, 11) is 0. The average molecular weight is 243 g/mol. The van der Waals surface area contributed by atoms with E-state index in [9.17, 15) is 4.79 Å². The van der Waals surface area contributed by atoms with Crippen molar-refractivity contribution in [2.24, 2.45) is 5.41 Å². The van der Waals surface area contributed by atoms with Crippen molar-refractivity contribution in [1.29, 1.82) is 0 Å². The molecule has 0 saturated heterocycles. The van der Waals surface area contributed by atoms with Crippen LogP contribution in [0.15, 0.2) is 24.3 Å². The summed E-state index contributed by atoms with van der Waals surface area (Å²) in [6, 6.07) is 6.52. The van der Waals surface area contributed by atoms with Gasteiger partial charge in [-0.2, -0.15) is 0 Å². The summed E-state index contributed by atoms with van der Waals surface area (Å²) in [5, 5.41) is 0.593. The van der Waals surface area contributed by atoms with Crippen LogP contribution in [-0.4, -0.2) is 12.8 Å². The highest BCUT2D eigenvalue weighted by Gasteiger charge is 2.14. The van der Waals surface area contributed by atoms with Gasteiger partial charge in [-0.3, -0.25) is 0 Å². The summed E-state index contributed by atoms with van der Waals surface area (Å²) in [4.78, 5) is 11.3. The molecule has 1 aromatic rings. The lowest BCUT2D eigenvalue weighted by Crippen LogP contribution is -2.20. The number of carbonyl (C=O) groups excluding carboxylic acids is 1. The Bertz CT molecular complexity index is 352. The fraction of sp³-hybridized carbons (Fsp3) is 0.417. The Balaban J connectivity index is 2.43. The number of rotatable bonds is 2. The Morgan fingerprint density at radius 2 is 1.81 bits per heavy atom. The first-order chi connectivity index (χ1) is 7.37. The van der Waals surface area contributed by atoms with Gasteiger partial charge < -0.3 is 9.47 Å². The summed E-state index contributed by atoms with van der Waals surface area (Å²) in [6.45, 7) is 6.24. The predicted molar refractivity (Wildman–Crippen MR) is 62.9 cm³/mol. The zero-order chi connectivity index (χ0) is 12.2. The van der Waals surface area contributed by atoms with Crippen LogP contribution in [0.25, 0.3) is 0 Å². The Labute approximate surface area is 100 Å². The standard InChI is InChI=1S/C12H15ClO3/c1-12(2,3)8-15-11(14)16-10-6-4-9(13)5-7-10/h4-7H,8H2,1-3H3. The number of carbonyl (C=O) groups is 1. The molecule has 0 spiro atoms. The highest BCUT2D eigenvalue weighted by Crippen LogP contribution is 2.17. The van der Waals surface area contributed by atoms with Gasteiger partial charge in [0.25, 0.3) is 0 Å². The highest BCUT2D eigenvalue weighted by atomic mass is 35.5. The minimum atomic E-state index is -0.697. The fourth-order valence-corrected chi connectivity index (χ4v) is 1.03. The van der Waals surface area contributed by atoms with E-state index in [1.54, 1.807) is 24.3 Å². The number of benzene rings is 1. The van der Waals surface area contributed by atoms with Crippen molar-refractivity contribution in [3.8, 4) is 5.75 Å². The van der Waals surface area contributed by atoms with Crippen molar-refractivity contribution in [3.63, 3.8) is 0 Å². The second-order valence-corrected chi connectivity index (χ2v) is 5.09. The molecule has 4 heteroatoms. The Morgan fingerprint density at radius 1 is 1.25 bits per heavy atom. The van der Waals surface area contributed by atoms with Crippen LogP contribution in [0.3, 0.4) is 0 Å². The predicted octanol–water partition coefficient (Wildman–Crippen LogP) is 3.90. The van der Waals surface area contributed by atoms with Crippen molar-refractivity contribution in [1.82, 2.24) is 0 Å². The second-order valence-electron chi connectivity index (χ2n) is 4.66. The summed E-state index contributed by atoms with van der Waals surface area (Å²) in [6.07, 6.45) is -0.697. The molecule has 0 bridgehead atoms. The number of hydrogen-bond acceptors (Lipinski definition) is 3. The van der Waals surface area contributed by atoms with E-state index in [2.05, 4.69) is 0 Å². The average Bonchev–Trinajstić information content (AvgIpc) is 2.18. The maximum atomic E-state index is 11.3. The van der Waals surface area contributed by atoms with Gasteiger partial charge >= 0.3 is 6.16 Å². The van der Waals surface area contributed by atoms with E-state index in [-0.39, 0.29) is 5.41 Å². The lowest BCUT2D eigenvalue weighted by molar-refractivity contribution is 0.0685. The monoisotopic (exact) mass is 242 g/mol. The van der Waals surface area contributed by atoms with Crippen LogP contribution < -0.4 is 4.74 Å². The van der Waals surface area contributed by atoms with Crippen molar-refractivity contribution < 1.29 is 14.3 Å².